The molecule has 29 heavy (non-hydrogen) atoms. The first kappa shape index (κ1) is 19.8. The highest BCUT2D eigenvalue weighted by Gasteiger charge is 2.10. The van der Waals surface area contributed by atoms with Crippen molar-refractivity contribution in [1.82, 2.24) is 15.4 Å². The number of aromatic nitrogens is 2. The number of hydrazone groups is 1. The van der Waals surface area contributed by atoms with Crippen LogP contribution < -0.4 is 19.6 Å². The lowest BCUT2D eigenvalue weighted by atomic mass is 10.1. The molecule has 0 radical (unpaired) electrons. The molecule has 1 N–H and O–H groups in total. The van der Waals surface area contributed by atoms with Gasteiger partial charge in [0.15, 0.2) is 0 Å². The van der Waals surface area contributed by atoms with Crippen molar-refractivity contribution >= 4 is 12.1 Å². The number of hydrogen-bond acceptors (Lipinski definition) is 7. The summed E-state index contributed by atoms with van der Waals surface area (Å²) >= 11 is 0. The van der Waals surface area contributed by atoms with E-state index in [0.717, 1.165) is 5.56 Å². The second-order valence-corrected chi connectivity index (χ2v) is 5.83. The standard InChI is InChI=1S/C21H20N4O4/c1-27-19-13-20(28-2)24-21(23-19)29-17-11-7-6-10-16(17)14-22-25-18(26)12-15-8-4-3-5-9-15/h3-11,13-14H,12H2,1-2H3,(H,25,26). The lowest BCUT2D eigenvalue weighted by Gasteiger charge is -2.09. The molecule has 0 bridgehead atoms. The van der Waals surface area contributed by atoms with E-state index in [2.05, 4.69) is 20.5 Å². The molecule has 148 valence electrons. The fourth-order valence-electron chi connectivity index (χ4n) is 2.41. The number of nitrogens with zero attached hydrogens (tertiary/aromatic N) is 3. The Labute approximate surface area is 168 Å². The summed E-state index contributed by atoms with van der Waals surface area (Å²) in [4.78, 5) is 20.3. The average molecular weight is 392 g/mol. The molecule has 0 aliphatic rings. The van der Waals surface area contributed by atoms with Gasteiger partial charge in [0.25, 0.3) is 0 Å². The number of carbonyl (C=O) groups excluding carboxylic acids is 1. The maximum atomic E-state index is 12.0. The fourth-order valence-corrected chi connectivity index (χ4v) is 2.41. The van der Waals surface area contributed by atoms with Crippen LogP contribution in [-0.2, 0) is 11.2 Å². The molecular weight excluding hydrogens is 372 g/mol. The number of methoxy groups -OCH3 is 2. The lowest BCUT2D eigenvalue weighted by molar-refractivity contribution is -0.120. The second kappa shape index (κ2) is 9.84. The molecule has 1 amide bonds. The van der Waals surface area contributed by atoms with E-state index in [0.29, 0.717) is 23.1 Å². The van der Waals surface area contributed by atoms with E-state index in [9.17, 15) is 4.79 Å². The third-order valence-electron chi connectivity index (χ3n) is 3.80. The van der Waals surface area contributed by atoms with Crippen molar-refractivity contribution < 1.29 is 19.0 Å². The molecule has 8 heteroatoms. The quantitative estimate of drug-likeness (QED) is 0.468. The maximum absolute atomic E-state index is 12.0. The van der Waals surface area contributed by atoms with Crippen LogP contribution in [0.2, 0.25) is 0 Å². The molecule has 0 unspecified atom stereocenters. The summed E-state index contributed by atoms with van der Waals surface area (Å²) < 4.78 is 16.0. The predicted octanol–water partition coefficient (Wildman–Crippen LogP) is 2.98. The van der Waals surface area contributed by atoms with Crippen LogP contribution >= 0.6 is 0 Å². The predicted molar refractivity (Wildman–Crippen MR) is 108 cm³/mol. The van der Waals surface area contributed by atoms with Crippen LogP contribution in [0.4, 0.5) is 0 Å². The van der Waals surface area contributed by atoms with Crippen LogP contribution in [-0.4, -0.2) is 36.3 Å². The fraction of sp³-hybridized carbons (Fsp3) is 0.143. The minimum absolute atomic E-state index is 0.0650. The molecule has 3 aromatic rings. The Morgan fingerprint density at radius 2 is 1.66 bits per heavy atom. The first-order valence-electron chi connectivity index (χ1n) is 8.77. The van der Waals surface area contributed by atoms with Gasteiger partial charge in [0, 0.05) is 5.56 Å². The van der Waals surface area contributed by atoms with Crippen molar-refractivity contribution in [2.45, 2.75) is 6.42 Å². The monoisotopic (exact) mass is 392 g/mol. The molecule has 1 heterocycles. The molecule has 0 atom stereocenters. The Bertz CT molecular complexity index is 971. The number of nitrogens with one attached hydrogen (secondary N) is 1. The summed E-state index contributed by atoms with van der Waals surface area (Å²) in [5, 5.41) is 4.01. The van der Waals surface area contributed by atoms with Gasteiger partial charge in [0.05, 0.1) is 32.9 Å². The molecular formula is C21H20N4O4. The summed E-state index contributed by atoms with van der Waals surface area (Å²) in [6, 6.07) is 18.2. The van der Waals surface area contributed by atoms with E-state index in [1.54, 1.807) is 24.3 Å². The van der Waals surface area contributed by atoms with Crippen molar-refractivity contribution in [2.24, 2.45) is 5.10 Å². The van der Waals surface area contributed by atoms with Crippen molar-refractivity contribution in [3.05, 3.63) is 71.8 Å². The third-order valence-corrected chi connectivity index (χ3v) is 3.80. The number of ether oxygens (including phenoxy) is 3. The summed E-state index contributed by atoms with van der Waals surface area (Å²) in [6.07, 6.45) is 1.74. The van der Waals surface area contributed by atoms with Gasteiger partial charge in [-0.3, -0.25) is 4.79 Å². The van der Waals surface area contributed by atoms with E-state index in [-0.39, 0.29) is 18.3 Å². The van der Waals surface area contributed by atoms with E-state index >= 15 is 0 Å². The molecule has 0 aliphatic carbocycles. The van der Waals surface area contributed by atoms with Crippen molar-refractivity contribution in [3.63, 3.8) is 0 Å². The van der Waals surface area contributed by atoms with Gasteiger partial charge in [0.1, 0.15) is 5.75 Å². The van der Waals surface area contributed by atoms with Crippen LogP contribution in [0.25, 0.3) is 0 Å². The maximum Gasteiger partial charge on any atom is 0.328 e. The highest BCUT2D eigenvalue weighted by atomic mass is 16.5. The Morgan fingerprint density at radius 1 is 1.00 bits per heavy atom. The smallest absolute Gasteiger partial charge is 0.328 e. The van der Waals surface area contributed by atoms with Gasteiger partial charge in [-0.15, -0.1) is 0 Å². The Balaban J connectivity index is 1.69. The molecule has 0 aliphatic heterocycles. The van der Waals surface area contributed by atoms with Gasteiger partial charge >= 0.3 is 6.01 Å². The average Bonchev–Trinajstić information content (AvgIpc) is 2.75. The van der Waals surface area contributed by atoms with Crippen LogP contribution in [0.1, 0.15) is 11.1 Å². The van der Waals surface area contributed by atoms with Crippen LogP contribution in [0.15, 0.2) is 65.8 Å². The first-order chi connectivity index (χ1) is 14.2. The molecule has 3 rings (SSSR count). The summed E-state index contributed by atoms with van der Waals surface area (Å²) in [5.41, 5.74) is 4.06. The number of carbonyl (C=O) groups is 1. The van der Waals surface area contributed by atoms with Gasteiger partial charge in [-0.05, 0) is 17.7 Å². The number of hydrogen-bond donors (Lipinski definition) is 1. The largest absolute Gasteiger partial charge is 0.481 e. The number of rotatable bonds is 8. The van der Waals surface area contributed by atoms with Gasteiger partial charge < -0.3 is 14.2 Å². The SMILES string of the molecule is COc1cc(OC)nc(Oc2ccccc2C=NNC(=O)Cc2ccccc2)n1. The molecule has 0 fully saturated rings. The number of para-hydroxylation sites is 1. The highest BCUT2D eigenvalue weighted by molar-refractivity contribution is 5.85. The van der Waals surface area contributed by atoms with Crippen molar-refractivity contribution in [1.29, 1.82) is 0 Å². The Kier molecular flexibility index (Phi) is 6.72. The molecule has 1 aromatic heterocycles. The van der Waals surface area contributed by atoms with Gasteiger partial charge in [-0.25, -0.2) is 5.43 Å². The van der Waals surface area contributed by atoms with E-state index in [4.69, 9.17) is 14.2 Å². The van der Waals surface area contributed by atoms with Crippen LogP contribution in [0.5, 0.6) is 23.5 Å². The van der Waals surface area contributed by atoms with Gasteiger partial charge in [-0.2, -0.15) is 15.1 Å². The molecule has 2 aromatic carbocycles. The Morgan fingerprint density at radius 3 is 2.34 bits per heavy atom. The minimum Gasteiger partial charge on any atom is -0.481 e. The summed E-state index contributed by atoms with van der Waals surface area (Å²) in [7, 11) is 2.98. The summed E-state index contributed by atoms with van der Waals surface area (Å²) in [6.45, 7) is 0. The number of benzene rings is 2. The van der Waals surface area contributed by atoms with Crippen LogP contribution in [0.3, 0.4) is 0 Å². The van der Waals surface area contributed by atoms with Crippen molar-refractivity contribution in [2.75, 3.05) is 14.2 Å². The van der Waals surface area contributed by atoms with E-state index in [1.807, 2.05) is 36.4 Å². The highest BCUT2D eigenvalue weighted by Crippen LogP contribution is 2.25. The normalized spacial score (nSPS) is 10.6. The molecule has 0 saturated carbocycles. The van der Waals surface area contributed by atoms with Gasteiger partial charge in [0.2, 0.25) is 17.7 Å². The topological polar surface area (TPSA) is 94.9 Å². The number of amides is 1. The zero-order chi connectivity index (χ0) is 20.5. The van der Waals surface area contributed by atoms with Crippen LogP contribution in [0, 0.1) is 0 Å². The lowest BCUT2D eigenvalue weighted by Crippen LogP contribution is -2.19. The van der Waals surface area contributed by atoms with Gasteiger partial charge in [-0.1, -0.05) is 42.5 Å². The molecule has 0 saturated heterocycles. The Hall–Kier alpha value is -3.94. The minimum atomic E-state index is -0.216. The second-order valence-electron chi connectivity index (χ2n) is 5.83. The van der Waals surface area contributed by atoms with Crippen molar-refractivity contribution in [3.8, 4) is 23.5 Å². The third kappa shape index (κ3) is 5.77. The van der Waals surface area contributed by atoms with E-state index < -0.39 is 0 Å². The molecule has 8 nitrogen and oxygen atoms in total. The zero-order valence-corrected chi connectivity index (χ0v) is 16.0. The summed E-state index contributed by atoms with van der Waals surface area (Å²) in [5.74, 6) is 0.868. The zero-order valence-electron chi connectivity index (χ0n) is 16.0. The van der Waals surface area contributed by atoms with E-state index in [1.165, 1.54) is 20.4 Å². The molecule has 0 spiro atoms. The first-order valence-corrected chi connectivity index (χ1v) is 8.77.